The second-order valence-corrected chi connectivity index (χ2v) is 5.44. The molecule has 0 spiro atoms. The molecule has 1 aromatic carbocycles. The minimum absolute atomic E-state index is 0.000225. The number of ether oxygens (including phenoxy) is 1. The van der Waals surface area contributed by atoms with Gasteiger partial charge >= 0.3 is 0 Å². The van der Waals surface area contributed by atoms with Crippen LogP contribution in [0, 0.1) is 0 Å². The molecule has 0 aliphatic carbocycles. The van der Waals surface area contributed by atoms with E-state index in [1.807, 2.05) is 18.2 Å². The van der Waals surface area contributed by atoms with E-state index >= 15 is 0 Å². The maximum Gasteiger partial charge on any atom is 0.252 e. The SMILES string of the molecule is O=C(NCC1Cc2ccccc2O1)c1ccc(Br)nc1. The highest BCUT2D eigenvalue weighted by Crippen LogP contribution is 2.27. The number of amides is 1. The van der Waals surface area contributed by atoms with Crippen LogP contribution in [0.1, 0.15) is 15.9 Å². The van der Waals surface area contributed by atoms with Crippen LogP contribution in [0.5, 0.6) is 5.75 Å². The first-order chi connectivity index (χ1) is 9.72. The summed E-state index contributed by atoms with van der Waals surface area (Å²) >= 11 is 3.24. The van der Waals surface area contributed by atoms with E-state index in [2.05, 4.69) is 32.3 Å². The molecule has 0 bridgehead atoms. The fraction of sp³-hybridized carbons (Fsp3) is 0.200. The fourth-order valence-electron chi connectivity index (χ4n) is 2.19. The molecule has 0 saturated heterocycles. The van der Waals surface area contributed by atoms with E-state index in [9.17, 15) is 4.79 Å². The van der Waals surface area contributed by atoms with E-state index in [1.165, 1.54) is 5.56 Å². The molecular weight excluding hydrogens is 320 g/mol. The number of hydrogen-bond acceptors (Lipinski definition) is 3. The molecule has 1 aromatic heterocycles. The van der Waals surface area contributed by atoms with Crippen molar-refractivity contribution in [1.82, 2.24) is 10.3 Å². The standard InChI is InChI=1S/C15H13BrN2O2/c16-14-6-5-11(8-17-14)15(19)18-9-12-7-10-3-1-2-4-13(10)20-12/h1-6,8,12H,7,9H2,(H,18,19). The first-order valence-electron chi connectivity index (χ1n) is 6.37. The van der Waals surface area contributed by atoms with Crippen molar-refractivity contribution in [3.8, 4) is 5.75 Å². The number of hydrogen-bond donors (Lipinski definition) is 1. The highest BCUT2D eigenvalue weighted by molar-refractivity contribution is 9.10. The van der Waals surface area contributed by atoms with Crippen LogP contribution in [0.15, 0.2) is 47.2 Å². The van der Waals surface area contributed by atoms with Crippen molar-refractivity contribution in [2.45, 2.75) is 12.5 Å². The van der Waals surface area contributed by atoms with Crippen LogP contribution >= 0.6 is 15.9 Å². The fourth-order valence-corrected chi connectivity index (χ4v) is 2.42. The zero-order chi connectivity index (χ0) is 13.9. The Morgan fingerprint density at radius 2 is 2.20 bits per heavy atom. The summed E-state index contributed by atoms with van der Waals surface area (Å²) in [4.78, 5) is 16.0. The van der Waals surface area contributed by atoms with Crippen LogP contribution < -0.4 is 10.1 Å². The smallest absolute Gasteiger partial charge is 0.252 e. The monoisotopic (exact) mass is 332 g/mol. The molecule has 20 heavy (non-hydrogen) atoms. The van der Waals surface area contributed by atoms with Crippen molar-refractivity contribution in [2.75, 3.05) is 6.54 Å². The number of nitrogens with zero attached hydrogens (tertiary/aromatic N) is 1. The average molecular weight is 333 g/mol. The molecule has 4 nitrogen and oxygen atoms in total. The predicted octanol–water partition coefficient (Wildman–Crippen LogP) is 2.58. The van der Waals surface area contributed by atoms with Gasteiger partial charge in [0.05, 0.1) is 12.1 Å². The van der Waals surface area contributed by atoms with Gasteiger partial charge in [0.1, 0.15) is 16.5 Å². The summed E-state index contributed by atoms with van der Waals surface area (Å²) in [6, 6.07) is 11.4. The molecule has 2 heterocycles. The van der Waals surface area contributed by atoms with Crippen molar-refractivity contribution >= 4 is 21.8 Å². The number of benzene rings is 1. The minimum Gasteiger partial charge on any atom is -0.488 e. The summed E-state index contributed by atoms with van der Waals surface area (Å²) in [5.41, 5.74) is 1.74. The van der Waals surface area contributed by atoms with Gasteiger partial charge in [0.15, 0.2) is 0 Å². The Balaban J connectivity index is 1.56. The number of para-hydroxylation sites is 1. The Morgan fingerprint density at radius 3 is 2.95 bits per heavy atom. The van der Waals surface area contributed by atoms with Gasteiger partial charge in [-0.15, -0.1) is 0 Å². The molecule has 2 aromatic rings. The highest BCUT2D eigenvalue weighted by Gasteiger charge is 2.22. The molecule has 1 N–H and O–H groups in total. The van der Waals surface area contributed by atoms with Gasteiger partial charge in [-0.05, 0) is 39.7 Å². The second kappa shape index (κ2) is 5.63. The molecule has 102 valence electrons. The van der Waals surface area contributed by atoms with E-state index in [0.717, 1.165) is 12.2 Å². The van der Waals surface area contributed by atoms with E-state index < -0.39 is 0 Å². The lowest BCUT2D eigenvalue weighted by molar-refractivity contribution is 0.0933. The molecule has 1 atom stereocenters. The number of nitrogens with one attached hydrogen (secondary N) is 1. The topological polar surface area (TPSA) is 51.2 Å². The quantitative estimate of drug-likeness (QED) is 0.879. The van der Waals surface area contributed by atoms with Gasteiger partial charge in [0, 0.05) is 12.6 Å². The molecule has 1 aliphatic heterocycles. The summed E-state index contributed by atoms with van der Waals surface area (Å²) in [5, 5.41) is 2.88. The lowest BCUT2D eigenvalue weighted by atomic mass is 10.1. The Labute approximate surface area is 125 Å². The second-order valence-electron chi connectivity index (χ2n) is 4.63. The summed E-state index contributed by atoms with van der Waals surface area (Å²) in [5.74, 6) is 0.779. The Bertz CT molecular complexity index is 603. The largest absolute Gasteiger partial charge is 0.488 e. The van der Waals surface area contributed by atoms with Gasteiger partial charge in [0.25, 0.3) is 5.91 Å². The van der Waals surface area contributed by atoms with Crippen molar-refractivity contribution < 1.29 is 9.53 Å². The molecule has 5 heteroatoms. The van der Waals surface area contributed by atoms with E-state index in [0.29, 0.717) is 16.7 Å². The number of carbonyl (C=O) groups is 1. The Morgan fingerprint density at radius 1 is 1.35 bits per heavy atom. The predicted molar refractivity (Wildman–Crippen MR) is 78.8 cm³/mol. The molecule has 1 aliphatic rings. The van der Waals surface area contributed by atoms with Crippen molar-refractivity contribution in [2.24, 2.45) is 0 Å². The van der Waals surface area contributed by atoms with Gasteiger partial charge in [-0.2, -0.15) is 0 Å². The number of pyridine rings is 1. The molecule has 0 saturated carbocycles. The average Bonchev–Trinajstić information content (AvgIpc) is 2.88. The van der Waals surface area contributed by atoms with Crippen LogP contribution in [0.4, 0.5) is 0 Å². The normalized spacial score (nSPS) is 16.4. The van der Waals surface area contributed by atoms with Crippen LogP contribution in [-0.4, -0.2) is 23.5 Å². The number of aromatic nitrogens is 1. The third-order valence-electron chi connectivity index (χ3n) is 3.19. The lowest BCUT2D eigenvalue weighted by Crippen LogP contribution is -2.34. The highest BCUT2D eigenvalue weighted by atomic mass is 79.9. The summed E-state index contributed by atoms with van der Waals surface area (Å²) in [7, 11) is 0. The first-order valence-corrected chi connectivity index (χ1v) is 7.16. The number of rotatable bonds is 3. The molecule has 1 unspecified atom stereocenters. The minimum atomic E-state index is -0.135. The van der Waals surface area contributed by atoms with E-state index in [4.69, 9.17) is 4.74 Å². The van der Waals surface area contributed by atoms with Crippen LogP contribution in [0.3, 0.4) is 0 Å². The number of halogens is 1. The Kier molecular flexibility index (Phi) is 3.69. The summed E-state index contributed by atoms with van der Waals surface area (Å²) < 4.78 is 6.49. The van der Waals surface area contributed by atoms with Gasteiger partial charge < -0.3 is 10.1 Å². The summed E-state index contributed by atoms with van der Waals surface area (Å²) in [6.07, 6.45) is 2.37. The molecule has 0 fully saturated rings. The molecular formula is C15H13BrN2O2. The first kappa shape index (κ1) is 13.1. The lowest BCUT2D eigenvalue weighted by Gasteiger charge is -2.11. The zero-order valence-corrected chi connectivity index (χ0v) is 12.3. The van der Waals surface area contributed by atoms with E-state index in [-0.39, 0.29) is 12.0 Å². The number of fused-ring (bicyclic) bond motifs is 1. The summed E-state index contributed by atoms with van der Waals surface area (Å²) in [6.45, 7) is 0.490. The van der Waals surface area contributed by atoms with Crippen LogP contribution in [0.2, 0.25) is 0 Å². The maximum absolute atomic E-state index is 12.0. The van der Waals surface area contributed by atoms with Gasteiger partial charge in [-0.3, -0.25) is 4.79 Å². The van der Waals surface area contributed by atoms with Gasteiger partial charge in [-0.1, -0.05) is 18.2 Å². The molecule has 1 amide bonds. The molecule has 3 rings (SSSR count). The zero-order valence-electron chi connectivity index (χ0n) is 10.7. The van der Waals surface area contributed by atoms with Gasteiger partial charge in [-0.25, -0.2) is 4.98 Å². The third-order valence-corrected chi connectivity index (χ3v) is 3.66. The van der Waals surface area contributed by atoms with Gasteiger partial charge in [0.2, 0.25) is 0 Å². The Hall–Kier alpha value is -1.88. The number of carbonyl (C=O) groups excluding carboxylic acids is 1. The van der Waals surface area contributed by atoms with Crippen molar-refractivity contribution in [1.29, 1.82) is 0 Å². The van der Waals surface area contributed by atoms with E-state index in [1.54, 1.807) is 18.3 Å². The van der Waals surface area contributed by atoms with Crippen molar-refractivity contribution in [3.05, 3.63) is 58.3 Å². The maximum atomic E-state index is 12.0. The van der Waals surface area contributed by atoms with Crippen LogP contribution in [-0.2, 0) is 6.42 Å². The van der Waals surface area contributed by atoms with Crippen LogP contribution in [0.25, 0.3) is 0 Å². The molecule has 0 radical (unpaired) electrons. The van der Waals surface area contributed by atoms with Crippen molar-refractivity contribution in [3.63, 3.8) is 0 Å². The third kappa shape index (κ3) is 2.82.